The van der Waals surface area contributed by atoms with Gasteiger partial charge in [0.25, 0.3) is 0 Å². The average Bonchev–Trinajstić information content (AvgIpc) is 2.94. The molecule has 1 amide bonds. The van der Waals surface area contributed by atoms with Crippen molar-refractivity contribution in [2.75, 3.05) is 6.54 Å². The van der Waals surface area contributed by atoms with Crippen molar-refractivity contribution in [3.63, 3.8) is 0 Å². The van der Waals surface area contributed by atoms with Gasteiger partial charge in [-0.25, -0.2) is 4.79 Å². The van der Waals surface area contributed by atoms with Crippen LogP contribution in [-0.4, -0.2) is 35.2 Å². The van der Waals surface area contributed by atoms with Crippen LogP contribution in [0.5, 0.6) is 0 Å². The standard InChI is InChI=1S/C20H28N2O2S/c1-14-11-16(9-10-22(14)19(23)24-20(2,3)4)21-12-15-13-25-18-8-6-5-7-17(15)18/h5-8,13-14,16,21H,9-12H2,1-4H3. The van der Waals surface area contributed by atoms with E-state index in [0.29, 0.717) is 6.04 Å². The number of thiophene rings is 1. The predicted octanol–water partition coefficient (Wildman–Crippen LogP) is 4.78. The first kappa shape index (κ1) is 18.2. The Morgan fingerprint density at radius 3 is 2.84 bits per heavy atom. The molecule has 2 aromatic rings. The Labute approximate surface area is 154 Å². The monoisotopic (exact) mass is 360 g/mol. The van der Waals surface area contributed by atoms with E-state index in [2.05, 4.69) is 41.9 Å². The summed E-state index contributed by atoms with van der Waals surface area (Å²) in [5.74, 6) is 0. The highest BCUT2D eigenvalue weighted by atomic mass is 32.1. The molecule has 1 aliphatic heterocycles. The van der Waals surface area contributed by atoms with Crippen molar-refractivity contribution >= 4 is 27.5 Å². The fraction of sp³-hybridized carbons (Fsp3) is 0.550. The van der Waals surface area contributed by atoms with Crippen molar-refractivity contribution < 1.29 is 9.53 Å². The number of fused-ring (bicyclic) bond motifs is 1. The Bertz CT molecular complexity index is 735. The topological polar surface area (TPSA) is 41.6 Å². The van der Waals surface area contributed by atoms with E-state index in [9.17, 15) is 4.79 Å². The Kier molecular flexibility index (Phi) is 5.35. The zero-order valence-corrected chi connectivity index (χ0v) is 16.4. The molecule has 0 saturated carbocycles. The lowest BCUT2D eigenvalue weighted by molar-refractivity contribution is 0.00933. The molecule has 2 unspecified atom stereocenters. The number of nitrogens with one attached hydrogen (secondary N) is 1. The zero-order valence-electron chi connectivity index (χ0n) is 15.5. The fourth-order valence-electron chi connectivity index (χ4n) is 3.37. The number of carbonyl (C=O) groups excluding carboxylic acids is 1. The number of hydrogen-bond acceptors (Lipinski definition) is 4. The van der Waals surface area contributed by atoms with E-state index < -0.39 is 5.60 Å². The van der Waals surface area contributed by atoms with Crippen molar-refractivity contribution in [2.24, 2.45) is 0 Å². The molecule has 2 atom stereocenters. The second-order valence-corrected chi connectivity index (χ2v) is 8.79. The van der Waals surface area contributed by atoms with Crippen LogP contribution >= 0.6 is 11.3 Å². The van der Waals surface area contributed by atoms with E-state index in [-0.39, 0.29) is 12.1 Å². The van der Waals surface area contributed by atoms with E-state index in [1.165, 1.54) is 15.6 Å². The minimum Gasteiger partial charge on any atom is -0.444 e. The third-order valence-corrected chi connectivity index (χ3v) is 5.66. The van der Waals surface area contributed by atoms with Crippen LogP contribution in [-0.2, 0) is 11.3 Å². The van der Waals surface area contributed by atoms with Crippen LogP contribution in [0.3, 0.4) is 0 Å². The lowest BCUT2D eigenvalue weighted by Gasteiger charge is -2.38. The molecule has 0 bridgehead atoms. The van der Waals surface area contributed by atoms with Gasteiger partial charge in [-0.3, -0.25) is 0 Å². The second kappa shape index (κ2) is 7.34. The second-order valence-electron chi connectivity index (χ2n) is 7.88. The van der Waals surface area contributed by atoms with Gasteiger partial charge in [0.1, 0.15) is 5.60 Å². The van der Waals surface area contributed by atoms with Crippen molar-refractivity contribution in [1.29, 1.82) is 0 Å². The predicted molar refractivity (Wildman–Crippen MR) is 104 cm³/mol. The van der Waals surface area contributed by atoms with Crippen LogP contribution in [0.15, 0.2) is 29.6 Å². The molecule has 1 fully saturated rings. The first-order valence-electron chi connectivity index (χ1n) is 9.01. The van der Waals surface area contributed by atoms with Crippen LogP contribution < -0.4 is 5.32 Å². The molecule has 1 aromatic carbocycles. The molecular formula is C20H28N2O2S. The maximum absolute atomic E-state index is 12.3. The molecule has 0 aliphatic carbocycles. The summed E-state index contributed by atoms with van der Waals surface area (Å²) in [6, 6.07) is 9.18. The smallest absolute Gasteiger partial charge is 0.410 e. The first-order valence-corrected chi connectivity index (χ1v) is 9.89. The molecule has 0 radical (unpaired) electrons. The van der Waals surface area contributed by atoms with Gasteiger partial charge in [-0.15, -0.1) is 11.3 Å². The Hall–Kier alpha value is -1.59. The third kappa shape index (κ3) is 4.53. The van der Waals surface area contributed by atoms with Crippen LogP contribution in [0.4, 0.5) is 4.79 Å². The Balaban J connectivity index is 1.54. The van der Waals surface area contributed by atoms with Crippen molar-refractivity contribution in [1.82, 2.24) is 10.2 Å². The number of likely N-dealkylation sites (tertiary alicyclic amines) is 1. The molecule has 1 N–H and O–H groups in total. The number of hydrogen-bond donors (Lipinski definition) is 1. The number of carbonyl (C=O) groups is 1. The highest BCUT2D eigenvalue weighted by molar-refractivity contribution is 7.17. The summed E-state index contributed by atoms with van der Waals surface area (Å²) in [4.78, 5) is 14.2. The third-order valence-electron chi connectivity index (χ3n) is 4.65. The summed E-state index contributed by atoms with van der Waals surface area (Å²) in [5.41, 5.74) is 0.925. The number of amides is 1. The van der Waals surface area contributed by atoms with Crippen molar-refractivity contribution in [3.8, 4) is 0 Å². The number of rotatable bonds is 3. The van der Waals surface area contributed by atoms with Gasteiger partial charge in [0.15, 0.2) is 0 Å². The van der Waals surface area contributed by atoms with Gasteiger partial charge in [0.05, 0.1) is 0 Å². The van der Waals surface area contributed by atoms with Gasteiger partial charge in [0, 0.05) is 29.9 Å². The van der Waals surface area contributed by atoms with Gasteiger partial charge in [-0.05, 0) is 62.9 Å². The Morgan fingerprint density at radius 1 is 1.36 bits per heavy atom. The molecule has 1 aromatic heterocycles. The summed E-state index contributed by atoms with van der Waals surface area (Å²) < 4.78 is 6.86. The molecule has 2 heterocycles. The van der Waals surface area contributed by atoms with Crippen LogP contribution in [0.1, 0.15) is 46.1 Å². The molecule has 136 valence electrons. The van der Waals surface area contributed by atoms with E-state index in [1.807, 2.05) is 25.7 Å². The summed E-state index contributed by atoms with van der Waals surface area (Å²) in [6.45, 7) is 9.48. The number of nitrogens with zero attached hydrogens (tertiary/aromatic N) is 1. The van der Waals surface area contributed by atoms with E-state index in [0.717, 1.165) is 25.9 Å². The number of benzene rings is 1. The molecule has 5 heteroatoms. The summed E-state index contributed by atoms with van der Waals surface area (Å²) >= 11 is 1.80. The van der Waals surface area contributed by atoms with Crippen molar-refractivity contribution in [2.45, 2.75) is 64.8 Å². The van der Waals surface area contributed by atoms with E-state index >= 15 is 0 Å². The Morgan fingerprint density at radius 2 is 2.12 bits per heavy atom. The summed E-state index contributed by atoms with van der Waals surface area (Å²) in [7, 11) is 0. The maximum atomic E-state index is 12.3. The summed E-state index contributed by atoms with van der Waals surface area (Å²) in [5, 5.41) is 7.28. The van der Waals surface area contributed by atoms with Crippen LogP contribution in [0.2, 0.25) is 0 Å². The maximum Gasteiger partial charge on any atom is 0.410 e. The van der Waals surface area contributed by atoms with Gasteiger partial charge in [-0.1, -0.05) is 18.2 Å². The van der Waals surface area contributed by atoms with Gasteiger partial charge in [-0.2, -0.15) is 0 Å². The fourth-order valence-corrected chi connectivity index (χ4v) is 4.34. The first-order chi connectivity index (χ1) is 11.8. The SMILES string of the molecule is CC1CC(NCc2csc3ccccc23)CCN1C(=O)OC(C)(C)C. The van der Waals surface area contributed by atoms with Gasteiger partial charge in [0.2, 0.25) is 0 Å². The van der Waals surface area contributed by atoms with E-state index in [1.54, 1.807) is 11.3 Å². The molecule has 1 aliphatic rings. The van der Waals surface area contributed by atoms with Crippen LogP contribution in [0.25, 0.3) is 10.1 Å². The highest BCUT2D eigenvalue weighted by Gasteiger charge is 2.31. The number of ether oxygens (including phenoxy) is 1. The minimum atomic E-state index is -0.439. The molecule has 0 spiro atoms. The molecule has 1 saturated heterocycles. The van der Waals surface area contributed by atoms with Crippen LogP contribution in [0, 0.1) is 0 Å². The quantitative estimate of drug-likeness (QED) is 0.856. The lowest BCUT2D eigenvalue weighted by Crippen LogP contribution is -2.50. The van der Waals surface area contributed by atoms with E-state index in [4.69, 9.17) is 4.74 Å². The molecule has 4 nitrogen and oxygen atoms in total. The average molecular weight is 361 g/mol. The molecule has 3 rings (SSSR count). The lowest BCUT2D eigenvalue weighted by atomic mass is 9.98. The largest absolute Gasteiger partial charge is 0.444 e. The van der Waals surface area contributed by atoms with Gasteiger partial charge < -0.3 is 15.0 Å². The van der Waals surface area contributed by atoms with Gasteiger partial charge >= 0.3 is 6.09 Å². The molecular weight excluding hydrogens is 332 g/mol. The zero-order chi connectivity index (χ0) is 18.0. The number of piperidine rings is 1. The minimum absolute atomic E-state index is 0.192. The normalized spacial score (nSPS) is 21.5. The molecule has 25 heavy (non-hydrogen) atoms. The summed E-state index contributed by atoms with van der Waals surface area (Å²) in [6.07, 6.45) is 1.73. The van der Waals surface area contributed by atoms with Crippen molar-refractivity contribution in [3.05, 3.63) is 35.2 Å². The highest BCUT2D eigenvalue weighted by Crippen LogP contribution is 2.26.